The van der Waals surface area contributed by atoms with Crippen molar-refractivity contribution in [3.05, 3.63) is 472 Å². The summed E-state index contributed by atoms with van der Waals surface area (Å²) in [5, 5.41) is 97.2. The number of hydrogen-bond acceptors (Lipinski definition) is 8. The summed E-state index contributed by atoms with van der Waals surface area (Å²) in [5.41, 5.74) is 16.6. The zero-order valence-electron chi connectivity index (χ0n) is 76.3. The molecule has 7 N–H and O–H groups in total. The van der Waals surface area contributed by atoms with Crippen LogP contribution in [0.4, 0.5) is 0 Å². The first-order chi connectivity index (χ1) is 63.4. The summed E-state index contributed by atoms with van der Waals surface area (Å²) in [6.45, 7) is 0. The molecule has 0 saturated carbocycles. The third kappa shape index (κ3) is 25.5. The summed E-state index contributed by atoms with van der Waals surface area (Å²) in [6.07, 6.45) is 7.19. The summed E-state index contributed by atoms with van der Waals surface area (Å²) in [5.74, 6) is 0.214. The van der Waals surface area contributed by atoms with Crippen LogP contribution in [0.15, 0.2) is 455 Å². The minimum atomic E-state index is -0.00648. The summed E-state index contributed by atoms with van der Waals surface area (Å²) in [4.78, 5) is 27.0. The van der Waals surface area contributed by atoms with Gasteiger partial charge >= 0.3 is 183 Å². The molecule has 23 rings (SSSR count). The van der Waals surface area contributed by atoms with E-state index in [1.165, 1.54) is 5.39 Å². The van der Waals surface area contributed by atoms with E-state index in [1.807, 2.05) is 334 Å². The van der Waals surface area contributed by atoms with Gasteiger partial charge in [-0.05, 0) is 147 Å². The Balaban J connectivity index is 0.000000163. The van der Waals surface area contributed by atoms with E-state index >= 15 is 0 Å². The molecule has 620 valence electrons. The molecule has 0 amide bonds. The number of rotatable bonds is 8. The van der Waals surface area contributed by atoms with E-state index in [4.69, 9.17) is 0 Å². The second kappa shape index (κ2) is 51.8. The number of aromatic nitrogens is 8. The van der Waals surface area contributed by atoms with E-state index < -0.39 is 0 Å². The monoisotopic (exact) mass is 1790 g/mol. The molecule has 15 nitrogen and oxygen atoms in total. The van der Waals surface area contributed by atoms with E-state index in [-0.39, 0.29) is 224 Å². The number of nitrogens with one attached hydrogen (secondary N) is 7. The summed E-state index contributed by atoms with van der Waals surface area (Å²) in [7, 11) is 0. The van der Waals surface area contributed by atoms with E-state index in [2.05, 4.69) is 70.2 Å². The Labute approximate surface area is 919 Å². The van der Waals surface area contributed by atoms with E-state index in [0.717, 1.165) is 126 Å². The first-order valence-corrected chi connectivity index (χ1v) is 42.0. The first-order valence-electron chi connectivity index (χ1n) is 42.0. The number of fused-ring (bicyclic) bond motifs is 12. The Morgan fingerprint density at radius 1 is 0.235 bits per heavy atom. The fourth-order valence-electron chi connectivity index (χ4n) is 15.7. The predicted octanol–water partition coefficient (Wildman–Crippen LogP) is -0.0246. The number of benzene rings is 15. The van der Waals surface area contributed by atoms with Crippen molar-refractivity contribution in [3.8, 4) is 90.8 Å². The molecule has 0 saturated heterocycles. The topological polar surface area (TPSA) is 273 Å². The van der Waals surface area contributed by atoms with Crippen LogP contribution in [-0.4, -0.2) is 42.7 Å². The van der Waals surface area contributed by atoms with Gasteiger partial charge in [0, 0.05) is 122 Å². The van der Waals surface area contributed by atoms with Crippen molar-refractivity contribution in [2.75, 3.05) is 0 Å². The van der Waals surface area contributed by atoms with Gasteiger partial charge < -0.3 is 35.7 Å². The van der Waals surface area contributed by atoms with Crippen molar-refractivity contribution < 1.29 is 216 Å². The van der Waals surface area contributed by atoms with Gasteiger partial charge in [-0.3, -0.25) is 0 Å². The van der Waals surface area contributed by atoms with Crippen molar-refractivity contribution in [1.29, 1.82) is 0 Å². The van der Waals surface area contributed by atoms with Crippen LogP contribution in [0.25, 0.3) is 165 Å². The molecule has 0 spiro atoms. The van der Waals surface area contributed by atoms with Gasteiger partial charge in [-0.25, -0.2) is 39.9 Å². The SMILES string of the molecule is [Ca+2].[K+].[Li+].[Li+].[Li+].[Li+].[Li+].[O-]C(=C(c1ccccc1)c1ccccc1)c1cccc[nH+]1.[O-]c1cc2ccccc2c2ccc[nH+]c12.[O-]c1ccccc1-c1[nH+]c2ccccc2c2ccccc12.[O-]c1ccccc1-c1[nH+]ccc2ccccc12.[O-]c1ccccc1-c1ccc2ccc3cccnc3c2[nH+]1.[O-]c1ccccc1-c1ccc2ccccc2[nH+]1.[O-]c1ccccc1-c1ccc2ccccc2[nH+]1. The maximum Gasteiger partial charge on any atom is 2.00 e. The quantitative estimate of drug-likeness (QED) is 0.113. The molecule has 0 fully saturated rings. The Bertz CT molecular complexity index is 7810. The molecule has 0 atom stereocenters. The fraction of sp³-hybridized carbons (Fsp3) is 0. The number of aromatic amines is 7. The molecule has 23 aromatic rings. The predicted molar refractivity (Wildman–Crippen MR) is 505 cm³/mol. The second-order valence-corrected chi connectivity index (χ2v) is 30.2. The Morgan fingerprint density at radius 3 is 1.15 bits per heavy atom. The Morgan fingerprint density at radius 2 is 0.625 bits per heavy atom. The van der Waals surface area contributed by atoms with Crippen LogP contribution in [0.5, 0.6) is 34.5 Å². The summed E-state index contributed by atoms with van der Waals surface area (Å²) in [6, 6.07) is 136. The van der Waals surface area contributed by atoms with E-state index in [1.54, 1.807) is 91.4 Å². The molecule has 15 aromatic carbocycles. The van der Waals surface area contributed by atoms with E-state index in [9.17, 15) is 35.7 Å². The summed E-state index contributed by atoms with van der Waals surface area (Å²) < 4.78 is 0. The molecule has 0 radical (unpaired) electrons. The largest absolute Gasteiger partial charge is 2.00 e. The normalized spacial score (nSPS) is 10.1. The Kier molecular flexibility index (Phi) is 40.5. The van der Waals surface area contributed by atoms with Crippen molar-refractivity contribution in [1.82, 2.24) is 4.98 Å². The molecule has 0 unspecified atom stereocenters. The van der Waals surface area contributed by atoms with Gasteiger partial charge in [0.25, 0.3) is 0 Å². The van der Waals surface area contributed by atoms with Crippen LogP contribution in [0.2, 0.25) is 0 Å². The van der Waals surface area contributed by atoms with Crippen molar-refractivity contribution in [2.45, 2.75) is 0 Å². The molecular formula is C114H82CaKLi5N8O7+8. The van der Waals surface area contributed by atoms with Crippen molar-refractivity contribution in [2.24, 2.45) is 0 Å². The Hall–Kier alpha value is -11.9. The van der Waals surface area contributed by atoms with Gasteiger partial charge in [0.15, 0.2) is 24.3 Å². The molecule has 136 heavy (non-hydrogen) atoms. The minimum Gasteiger partial charge on any atom is -0.872 e. The van der Waals surface area contributed by atoms with Gasteiger partial charge in [0.1, 0.15) is 5.52 Å². The van der Waals surface area contributed by atoms with Gasteiger partial charge in [0.2, 0.25) is 56.1 Å². The van der Waals surface area contributed by atoms with Gasteiger partial charge in [-0.1, -0.05) is 296 Å². The van der Waals surface area contributed by atoms with Crippen LogP contribution in [0, 0.1) is 0 Å². The minimum absolute atomic E-state index is 0. The number of para-hydroxylation sites is 8. The first kappa shape index (κ1) is 106. The number of hydrogen-bond donors (Lipinski definition) is 0. The van der Waals surface area contributed by atoms with Crippen LogP contribution < -0.4 is 216 Å². The molecule has 0 aliphatic heterocycles. The van der Waals surface area contributed by atoms with Gasteiger partial charge in [-0.2, -0.15) is 0 Å². The van der Waals surface area contributed by atoms with Crippen LogP contribution in [0.1, 0.15) is 16.8 Å². The summed E-state index contributed by atoms with van der Waals surface area (Å²) >= 11 is 0. The average Bonchev–Trinajstić information content (AvgIpc) is 0.867. The molecule has 8 heterocycles. The number of H-pyrrole nitrogens is 7. The number of pyridine rings is 8. The van der Waals surface area contributed by atoms with Crippen LogP contribution in [0.3, 0.4) is 0 Å². The smallest absolute Gasteiger partial charge is 0.872 e. The molecule has 0 aliphatic carbocycles. The maximum atomic E-state index is 12.9. The maximum absolute atomic E-state index is 12.9. The molecule has 0 aliphatic rings. The van der Waals surface area contributed by atoms with Gasteiger partial charge in [-0.15, -0.1) is 0 Å². The van der Waals surface area contributed by atoms with Crippen LogP contribution >= 0.6 is 0 Å². The zero-order valence-corrected chi connectivity index (χ0v) is 81.6. The molecular weight excluding hydrogens is 1710 g/mol. The van der Waals surface area contributed by atoms with Crippen LogP contribution in [-0.2, 0) is 0 Å². The second-order valence-electron chi connectivity index (χ2n) is 30.2. The third-order valence-corrected chi connectivity index (χ3v) is 22.0. The molecule has 22 heteroatoms. The van der Waals surface area contributed by atoms with Crippen molar-refractivity contribution in [3.63, 3.8) is 0 Å². The molecule has 8 aromatic heterocycles. The van der Waals surface area contributed by atoms with Gasteiger partial charge in [0.05, 0.1) is 21.5 Å². The number of nitrogens with zero attached hydrogens (tertiary/aromatic N) is 1. The standard InChI is InChI=1S/C19H13NO.C19H15NO.C18H12N2O.3C15H11NO.C13H9NO.Ca.K.5Li/c21-18-12-6-4-10-16(18)19-15-9-2-1-7-13(15)14-8-3-5-11-17(14)20-19;21-19(17-13-7-8-14-20-17)18(15-9-3-1-4-10-15)16-11-5-2-6-12-16;21-16-6-2-1-5-14(16)15-10-9-13-8-7-12-4-3-11-19-17(12)18(13)20-15;2*17-15-8-4-2-6-12(15)14-10-9-11-5-1-3-7-13(11)16-14;17-14-8-4-3-7-13(14)15-12-6-2-1-5-11(12)9-10-16-15;15-12-8-9-4-1-2-5-10(9)11-6-3-7-14-13(11)12;;;;;;;/h1-12,21H;1-14,21H;1-11,21H;3*1-10,17H;1-8,15H;;;;;;;/q;;;;;;;+2;6*+1. The zero-order chi connectivity index (χ0) is 88.2. The third-order valence-electron chi connectivity index (χ3n) is 22.0. The average molecular weight is 1790 g/mol. The fourth-order valence-corrected chi connectivity index (χ4v) is 15.7. The van der Waals surface area contributed by atoms with Crippen molar-refractivity contribution >= 4 is 147 Å². The molecule has 0 bridgehead atoms. The van der Waals surface area contributed by atoms with E-state index in [0.29, 0.717) is 44.6 Å².